The SMILES string of the molecule is CN(C(=O)OC(C)(C)C)C(C=O)c1cc(Cl)nc(Cl)c1. The fraction of sp³-hybridized carbons (Fsp3) is 0.462. The molecule has 20 heavy (non-hydrogen) atoms. The first kappa shape index (κ1) is 16.7. The summed E-state index contributed by atoms with van der Waals surface area (Å²) in [6.45, 7) is 5.23. The summed E-state index contributed by atoms with van der Waals surface area (Å²) in [6.07, 6.45) is 0.00462. The van der Waals surface area contributed by atoms with Crippen molar-refractivity contribution in [3.63, 3.8) is 0 Å². The van der Waals surface area contributed by atoms with Gasteiger partial charge in [-0.1, -0.05) is 23.2 Å². The van der Waals surface area contributed by atoms with Gasteiger partial charge in [0.2, 0.25) is 0 Å². The van der Waals surface area contributed by atoms with Gasteiger partial charge in [-0.3, -0.25) is 4.90 Å². The van der Waals surface area contributed by atoms with Crippen LogP contribution >= 0.6 is 23.2 Å². The number of likely N-dealkylation sites (N-methyl/N-ethyl adjacent to an activating group) is 1. The molecule has 1 aromatic heterocycles. The van der Waals surface area contributed by atoms with E-state index < -0.39 is 17.7 Å². The minimum atomic E-state index is -0.845. The Balaban J connectivity index is 3.00. The molecule has 0 saturated heterocycles. The molecule has 110 valence electrons. The van der Waals surface area contributed by atoms with E-state index in [-0.39, 0.29) is 10.3 Å². The predicted octanol–water partition coefficient (Wildman–Crippen LogP) is 3.50. The highest BCUT2D eigenvalue weighted by Gasteiger charge is 2.26. The number of hydrogen-bond acceptors (Lipinski definition) is 4. The largest absolute Gasteiger partial charge is 0.444 e. The van der Waals surface area contributed by atoms with Crippen molar-refractivity contribution in [2.45, 2.75) is 32.4 Å². The maximum Gasteiger partial charge on any atom is 0.410 e. The van der Waals surface area contributed by atoms with Crippen LogP contribution in [0.25, 0.3) is 0 Å². The van der Waals surface area contributed by atoms with Crippen LogP contribution in [0.2, 0.25) is 10.3 Å². The molecule has 1 amide bonds. The van der Waals surface area contributed by atoms with E-state index in [1.165, 1.54) is 24.1 Å². The molecule has 1 atom stereocenters. The Labute approximate surface area is 127 Å². The van der Waals surface area contributed by atoms with Crippen LogP contribution in [-0.2, 0) is 9.53 Å². The molecule has 0 aliphatic heterocycles. The molecule has 1 aromatic rings. The normalized spacial score (nSPS) is 12.7. The first-order valence-corrected chi connectivity index (χ1v) is 6.63. The van der Waals surface area contributed by atoms with Gasteiger partial charge in [0.25, 0.3) is 0 Å². The van der Waals surface area contributed by atoms with Gasteiger partial charge in [0.15, 0.2) is 0 Å². The third-order valence-electron chi connectivity index (χ3n) is 2.35. The van der Waals surface area contributed by atoms with E-state index in [2.05, 4.69) is 4.98 Å². The third kappa shape index (κ3) is 4.65. The predicted molar refractivity (Wildman–Crippen MR) is 77.1 cm³/mol. The van der Waals surface area contributed by atoms with Crippen molar-refractivity contribution < 1.29 is 14.3 Å². The van der Waals surface area contributed by atoms with E-state index in [0.29, 0.717) is 11.8 Å². The number of halogens is 2. The monoisotopic (exact) mass is 318 g/mol. The molecule has 0 aromatic carbocycles. The molecule has 0 aliphatic rings. The van der Waals surface area contributed by atoms with Crippen LogP contribution in [0.4, 0.5) is 4.79 Å². The topological polar surface area (TPSA) is 59.5 Å². The number of nitrogens with zero attached hydrogens (tertiary/aromatic N) is 2. The Bertz CT molecular complexity index is 495. The Morgan fingerprint density at radius 2 is 1.85 bits per heavy atom. The Morgan fingerprint density at radius 1 is 1.35 bits per heavy atom. The first-order chi connectivity index (χ1) is 9.14. The molecule has 0 N–H and O–H groups in total. The quantitative estimate of drug-likeness (QED) is 0.632. The van der Waals surface area contributed by atoms with Crippen molar-refractivity contribution in [3.8, 4) is 0 Å². The molecule has 0 spiro atoms. The lowest BCUT2D eigenvalue weighted by Gasteiger charge is -2.28. The summed E-state index contributed by atoms with van der Waals surface area (Å²) in [5.74, 6) is 0. The highest BCUT2D eigenvalue weighted by Crippen LogP contribution is 2.24. The maximum atomic E-state index is 12.0. The zero-order chi connectivity index (χ0) is 15.5. The van der Waals surface area contributed by atoms with Gasteiger partial charge in [-0.2, -0.15) is 0 Å². The van der Waals surface area contributed by atoms with E-state index in [1.54, 1.807) is 20.8 Å². The van der Waals surface area contributed by atoms with Gasteiger partial charge < -0.3 is 9.53 Å². The second-order valence-corrected chi connectivity index (χ2v) is 5.99. The van der Waals surface area contributed by atoms with Crippen molar-refractivity contribution in [2.24, 2.45) is 0 Å². The summed E-state index contributed by atoms with van der Waals surface area (Å²) in [6, 6.07) is 2.11. The maximum absolute atomic E-state index is 12.0. The first-order valence-electron chi connectivity index (χ1n) is 5.88. The number of aromatic nitrogens is 1. The number of aldehydes is 1. The van der Waals surface area contributed by atoms with Crippen molar-refractivity contribution in [1.29, 1.82) is 0 Å². The standard InChI is InChI=1S/C13H16Cl2N2O3/c1-13(2,3)20-12(19)17(4)9(7-18)8-5-10(14)16-11(15)6-8/h5-7,9H,1-4H3. The summed E-state index contributed by atoms with van der Waals surface area (Å²) in [5, 5.41) is 0.300. The molecule has 1 heterocycles. The van der Waals surface area contributed by atoms with Crippen molar-refractivity contribution in [1.82, 2.24) is 9.88 Å². The molecule has 0 bridgehead atoms. The number of hydrogen-bond donors (Lipinski definition) is 0. The molecule has 0 aliphatic carbocycles. The van der Waals surface area contributed by atoms with Gasteiger partial charge in [-0.15, -0.1) is 0 Å². The molecule has 5 nitrogen and oxygen atoms in total. The van der Waals surface area contributed by atoms with Crippen LogP contribution in [-0.4, -0.2) is 34.9 Å². The van der Waals surface area contributed by atoms with Crippen molar-refractivity contribution >= 4 is 35.6 Å². The molecule has 0 saturated carbocycles. The summed E-state index contributed by atoms with van der Waals surface area (Å²) < 4.78 is 5.21. The van der Waals surface area contributed by atoms with Crippen molar-refractivity contribution in [3.05, 3.63) is 28.0 Å². The van der Waals surface area contributed by atoms with Crippen LogP contribution in [0.3, 0.4) is 0 Å². The number of rotatable bonds is 3. The van der Waals surface area contributed by atoms with E-state index in [1.807, 2.05) is 0 Å². The van der Waals surface area contributed by atoms with Gasteiger partial charge in [0, 0.05) is 7.05 Å². The molecular weight excluding hydrogens is 303 g/mol. The van der Waals surface area contributed by atoms with Crippen LogP contribution in [0.15, 0.2) is 12.1 Å². The lowest BCUT2D eigenvalue weighted by molar-refractivity contribution is -0.112. The smallest absolute Gasteiger partial charge is 0.410 e. The van der Waals surface area contributed by atoms with E-state index in [4.69, 9.17) is 27.9 Å². The zero-order valence-electron chi connectivity index (χ0n) is 11.7. The number of carbonyl (C=O) groups excluding carboxylic acids is 2. The van der Waals surface area contributed by atoms with E-state index >= 15 is 0 Å². The fourth-order valence-corrected chi connectivity index (χ4v) is 1.97. The second-order valence-electron chi connectivity index (χ2n) is 5.22. The van der Waals surface area contributed by atoms with Gasteiger partial charge in [0.1, 0.15) is 28.2 Å². The second kappa shape index (κ2) is 6.41. The average Bonchev–Trinajstić information content (AvgIpc) is 2.26. The summed E-state index contributed by atoms with van der Waals surface area (Å²) in [5.41, 5.74) is -0.176. The lowest BCUT2D eigenvalue weighted by atomic mass is 10.1. The van der Waals surface area contributed by atoms with Gasteiger partial charge in [0.05, 0.1) is 0 Å². The van der Waals surface area contributed by atoms with E-state index in [0.717, 1.165) is 0 Å². The summed E-state index contributed by atoms with van der Waals surface area (Å²) in [4.78, 5) is 28.2. The van der Waals surface area contributed by atoms with Crippen LogP contribution in [0, 0.1) is 0 Å². The minimum absolute atomic E-state index is 0.150. The number of carbonyl (C=O) groups is 2. The average molecular weight is 319 g/mol. The fourth-order valence-electron chi connectivity index (χ4n) is 1.50. The van der Waals surface area contributed by atoms with Gasteiger partial charge in [-0.05, 0) is 38.5 Å². The number of amides is 1. The van der Waals surface area contributed by atoms with Crippen LogP contribution in [0.5, 0.6) is 0 Å². The number of ether oxygens (including phenoxy) is 1. The Kier molecular flexibility index (Phi) is 5.36. The molecule has 7 heteroatoms. The van der Waals surface area contributed by atoms with Gasteiger partial charge in [-0.25, -0.2) is 9.78 Å². The lowest BCUT2D eigenvalue weighted by Crippen LogP contribution is -2.37. The van der Waals surface area contributed by atoms with Crippen LogP contribution in [0.1, 0.15) is 32.4 Å². The highest BCUT2D eigenvalue weighted by atomic mass is 35.5. The molecular formula is C13H16Cl2N2O3. The molecule has 0 radical (unpaired) electrons. The molecule has 0 fully saturated rings. The van der Waals surface area contributed by atoms with Crippen molar-refractivity contribution in [2.75, 3.05) is 7.05 Å². The summed E-state index contributed by atoms with van der Waals surface area (Å²) in [7, 11) is 1.47. The third-order valence-corrected chi connectivity index (χ3v) is 2.74. The van der Waals surface area contributed by atoms with E-state index in [9.17, 15) is 9.59 Å². The van der Waals surface area contributed by atoms with Crippen LogP contribution < -0.4 is 0 Å². The number of pyridine rings is 1. The Hall–Kier alpha value is -1.33. The zero-order valence-corrected chi connectivity index (χ0v) is 13.2. The minimum Gasteiger partial charge on any atom is -0.444 e. The molecule has 1 rings (SSSR count). The van der Waals surface area contributed by atoms with Gasteiger partial charge >= 0.3 is 6.09 Å². The Morgan fingerprint density at radius 3 is 2.25 bits per heavy atom. The molecule has 1 unspecified atom stereocenters. The highest BCUT2D eigenvalue weighted by molar-refractivity contribution is 6.32. The summed E-state index contributed by atoms with van der Waals surface area (Å²) >= 11 is 11.6.